The van der Waals surface area contributed by atoms with E-state index in [4.69, 9.17) is 0 Å². The van der Waals surface area contributed by atoms with Crippen molar-refractivity contribution in [3.8, 4) is 0 Å². The monoisotopic (exact) mass is 542 g/mol. The van der Waals surface area contributed by atoms with Crippen molar-refractivity contribution in [3.05, 3.63) is 167 Å². The predicted molar refractivity (Wildman–Crippen MR) is 176 cm³/mol. The lowest BCUT2D eigenvalue weighted by Crippen LogP contribution is -2.10. The molecule has 7 rings (SSSR count). The second-order valence-corrected chi connectivity index (χ2v) is 10.2. The fraction of sp³-hybridized carbons (Fsp3) is 0. The third kappa shape index (κ3) is 4.45. The number of rotatable bonds is 6. The van der Waals surface area contributed by atoms with Gasteiger partial charge in [0, 0.05) is 16.8 Å². The molecule has 0 aliphatic heterocycles. The number of non-ortho nitro benzene ring substituents is 1. The van der Waals surface area contributed by atoms with E-state index in [9.17, 15) is 10.1 Å². The van der Waals surface area contributed by atoms with E-state index in [0.29, 0.717) is 10.8 Å². The standard InChI is InChI=1S/C38H26N2O2/c41-40(42)38-35-18-8-6-16-32(35)34(33-17-7-9-19-36(33)38)26-23-27-21-24-30(25-22-27)39(29-13-2-1-3-14-29)37-20-10-12-28-11-4-5-15-31(28)37/h1-26H. The average molecular weight is 543 g/mol. The lowest BCUT2D eigenvalue weighted by Gasteiger charge is -2.27. The summed E-state index contributed by atoms with van der Waals surface area (Å²) in [5.41, 5.74) is 5.42. The second kappa shape index (κ2) is 10.7. The van der Waals surface area contributed by atoms with Gasteiger partial charge < -0.3 is 4.90 Å². The van der Waals surface area contributed by atoms with Crippen LogP contribution in [-0.4, -0.2) is 4.92 Å². The number of nitro groups is 1. The lowest BCUT2D eigenvalue weighted by molar-refractivity contribution is -0.381. The van der Waals surface area contributed by atoms with Crippen LogP contribution in [0.2, 0.25) is 0 Å². The largest absolute Gasteiger partial charge is 0.310 e. The molecule has 4 heteroatoms. The Morgan fingerprint density at radius 2 is 1.02 bits per heavy atom. The van der Waals surface area contributed by atoms with E-state index in [2.05, 4.69) is 108 Å². The van der Waals surface area contributed by atoms with Gasteiger partial charge >= 0.3 is 0 Å². The van der Waals surface area contributed by atoms with Gasteiger partial charge in [-0.1, -0.05) is 115 Å². The van der Waals surface area contributed by atoms with Crippen molar-refractivity contribution in [2.45, 2.75) is 0 Å². The molecule has 0 aromatic heterocycles. The van der Waals surface area contributed by atoms with Crippen LogP contribution in [0.15, 0.2) is 146 Å². The highest BCUT2D eigenvalue weighted by Gasteiger charge is 2.20. The number of fused-ring (bicyclic) bond motifs is 3. The zero-order chi connectivity index (χ0) is 28.5. The topological polar surface area (TPSA) is 46.4 Å². The van der Waals surface area contributed by atoms with E-state index >= 15 is 0 Å². The second-order valence-electron chi connectivity index (χ2n) is 10.2. The molecule has 0 fully saturated rings. The molecule has 0 aliphatic rings. The summed E-state index contributed by atoms with van der Waals surface area (Å²) in [5, 5.41) is 17.5. The van der Waals surface area contributed by atoms with Gasteiger partial charge in [0.1, 0.15) is 0 Å². The molecule has 0 amide bonds. The van der Waals surface area contributed by atoms with Crippen LogP contribution in [0.4, 0.5) is 22.7 Å². The molecule has 0 radical (unpaired) electrons. The average Bonchev–Trinajstić information content (AvgIpc) is 3.04. The van der Waals surface area contributed by atoms with Gasteiger partial charge in [-0.25, -0.2) is 0 Å². The Kier molecular flexibility index (Phi) is 6.42. The Morgan fingerprint density at radius 1 is 0.500 bits per heavy atom. The van der Waals surface area contributed by atoms with Gasteiger partial charge in [0.05, 0.1) is 21.4 Å². The SMILES string of the molecule is O=[N+]([O-])c1c2ccccc2c(C=Cc2ccc(N(c3ccccc3)c3cccc4ccccc34)cc2)c2ccccc12. The van der Waals surface area contributed by atoms with Gasteiger partial charge in [0.2, 0.25) is 0 Å². The summed E-state index contributed by atoms with van der Waals surface area (Å²) in [6.07, 6.45) is 4.15. The molecule has 7 aromatic carbocycles. The summed E-state index contributed by atoms with van der Waals surface area (Å²) < 4.78 is 0. The molecule has 0 N–H and O–H groups in total. The van der Waals surface area contributed by atoms with Gasteiger partial charge in [-0.3, -0.25) is 10.1 Å². The summed E-state index contributed by atoms with van der Waals surface area (Å²) in [4.78, 5) is 14.1. The minimum absolute atomic E-state index is 0.150. The van der Waals surface area contributed by atoms with Crippen LogP contribution >= 0.6 is 0 Å². The van der Waals surface area contributed by atoms with E-state index in [1.165, 1.54) is 10.8 Å². The first-order valence-electron chi connectivity index (χ1n) is 13.9. The number of hydrogen-bond acceptors (Lipinski definition) is 3. The minimum Gasteiger partial charge on any atom is -0.310 e. The van der Waals surface area contributed by atoms with Gasteiger partial charge in [0.25, 0.3) is 5.69 Å². The molecular weight excluding hydrogens is 516 g/mol. The smallest absolute Gasteiger partial charge is 0.284 e. The van der Waals surface area contributed by atoms with Crippen molar-refractivity contribution in [2.24, 2.45) is 0 Å². The molecule has 0 unspecified atom stereocenters. The summed E-state index contributed by atoms with van der Waals surface area (Å²) >= 11 is 0. The highest BCUT2D eigenvalue weighted by Crippen LogP contribution is 2.40. The van der Waals surface area contributed by atoms with Crippen molar-refractivity contribution in [2.75, 3.05) is 4.90 Å². The highest BCUT2D eigenvalue weighted by atomic mass is 16.6. The van der Waals surface area contributed by atoms with Crippen LogP contribution in [-0.2, 0) is 0 Å². The van der Waals surface area contributed by atoms with Gasteiger partial charge in [-0.2, -0.15) is 0 Å². The first-order valence-corrected chi connectivity index (χ1v) is 13.9. The first kappa shape index (κ1) is 25.2. The first-order chi connectivity index (χ1) is 20.7. The summed E-state index contributed by atoms with van der Waals surface area (Å²) in [5.74, 6) is 0. The van der Waals surface area contributed by atoms with Crippen molar-refractivity contribution in [1.29, 1.82) is 0 Å². The molecule has 7 aromatic rings. The van der Waals surface area contributed by atoms with Crippen LogP contribution in [0, 0.1) is 10.1 Å². The Labute approximate surface area is 243 Å². The zero-order valence-electron chi connectivity index (χ0n) is 22.7. The number of hydrogen-bond donors (Lipinski definition) is 0. The summed E-state index contributed by atoms with van der Waals surface area (Å²) in [6.45, 7) is 0. The van der Waals surface area contributed by atoms with Crippen molar-refractivity contribution < 1.29 is 4.92 Å². The highest BCUT2D eigenvalue weighted by molar-refractivity contribution is 6.14. The van der Waals surface area contributed by atoms with Crippen LogP contribution in [0.5, 0.6) is 0 Å². The van der Waals surface area contributed by atoms with Crippen molar-refractivity contribution in [1.82, 2.24) is 0 Å². The minimum atomic E-state index is -0.273. The summed E-state index contributed by atoms with van der Waals surface area (Å²) in [6, 6.07) is 48.9. The summed E-state index contributed by atoms with van der Waals surface area (Å²) in [7, 11) is 0. The van der Waals surface area contributed by atoms with Gasteiger partial charge in [-0.15, -0.1) is 0 Å². The number of nitrogens with zero attached hydrogens (tertiary/aromatic N) is 2. The molecule has 0 aliphatic carbocycles. The molecule has 0 saturated carbocycles. The van der Waals surface area contributed by atoms with E-state index in [-0.39, 0.29) is 10.6 Å². The number of anilines is 3. The number of para-hydroxylation sites is 1. The molecule has 0 atom stereocenters. The number of nitro benzene ring substituents is 1. The Balaban J connectivity index is 1.32. The third-order valence-corrected chi connectivity index (χ3v) is 7.74. The molecular formula is C38H26N2O2. The molecule has 0 heterocycles. The molecule has 42 heavy (non-hydrogen) atoms. The third-order valence-electron chi connectivity index (χ3n) is 7.74. The Bertz CT molecular complexity index is 2050. The molecule has 0 bridgehead atoms. The van der Waals surface area contributed by atoms with Crippen LogP contribution in [0.25, 0.3) is 44.5 Å². The van der Waals surface area contributed by atoms with Crippen LogP contribution in [0.3, 0.4) is 0 Å². The maximum Gasteiger partial charge on any atom is 0.284 e. The maximum absolute atomic E-state index is 12.1. The van der Waals surface area contributed by atoms with Crippen LogP contribution < -0.4 is 4.90 Å². The predicted octanol–water partition coefficient (Wildman–Crippen LogP) is 10.7. The van der Waals surface area contributed by atoms with Crippen molar-refractivity contribution in [3.63, 3.8) is 0 Å². The molecule has 4 nitrogen and oxygen atoms in total. The Morgan fingerprint density at radius 3 is 1.67 bits per heavy atom. The van der Waals surface area contributed by atoms with E-state index in [0.717, 1.165) is 39.0 Å². The maximum atomic E-state index is 12.1. The Hall–Kier alpha value is -5.74. The van der Waals surface area contributed by atoms with E-state index in [1.54, 1.807) is 0 Å². The van der Waals surface area contributed by atoms with E-state index < -0.39 is 0 Å². The van der Waals surface area contributed by atoms with Crippen molar-refractivity contribution >= 4 is 67.2 Å². The van der Waals surface area contributed by atoms with E-state index in [1.807, 2.05) is 54.6 Å². The zero-order valence-corrected chi connectivity index (χ0v) is 22.7. The number of benzene rings is 7. The lowest BCUT2D eigenvalue weighted by atomic mass is 9.94. The van der Waals surface area contributed by atoms with Gasteiger partial charge in [0.15, 0.2) is 0 Å². The normalized spacial score (nSPS) is 11.4. The molecule has 0 saturated heterocycles. The fourth-order valence-corrected chi connectivity index (χ4v) is 5.84. The molecule has 0 spiro atoms. The fourth-order valence-electron chi connectivity index (χ4n) is 5.84. The molecule has 200 valence electrons. The van der Waals surface area contributed by atoms with Gasteiger partial charge in [-0.05, 0) is 69.8 Å². The quantitative estimate of drug-likeness (QED) is 0.0909. The van der Waals surface area contributed by atoms with Crippen LogP contribution in [0.1, 0.15) is 11.1 Å².